The van der Waals surface area contributed by atoms with Gasteiger partial charge in [0.05, 0.1) is 19.8 Å². The van der Waals surface area contributed by atoms with Gasteiger partial charge in [-0.2, -0.15) is 0 Å². The Bertz CT molecular complexity index is 419. The predicted molar refractivity (Wildman–Crippen MR) is 71.3 cm³/mol. The van der Waals surface area contributed by atoms with E-state index >= 15 is 0 Å². The second-order valence-corrected chi connectivity index (χ2v) is 4.47. The number of hydrogen-bond acceptors (Lipinski definition) is 4. The fourth-order valence-electron chi connectivity index (χ4n) is 1.71. The van der Waals surface area contributed by atoms with Crippen LogP contribution in [0.25, 0.3) is 6.08 Å². The zero-order valence-electron chi connectivity index (χ0n) is 11.0. The Labute approximate surface area is 113 Å². The van der Waals surface area contributed by atoms with E-state index < -0.39 is 0 Å². The zero-order chi connectivity index (χ0) is 13.5. The van der Waals surface area contributed by atoms with Gasteiger partial charge in [-0.15, -0.1) is 0 Å². The highest BCUT2D eigenvalue weighted by Crippen LogP contribution is 2.11. The molecular weight excluding hydrogens is 244 g/mol. The summed E-state index contributed by atoms with van der Waals surface area (Å²) in [6, 6.07) is 9.62. The highest BCUT2D eigenvalue weighted by atomic mass is 16.7. The lowest BCUT2D eigenvalue weighted by Gasteiger charge is -2.26. The van der Waals surface area contributed by atoms with Crippen molar-refractivity contribution in [1.82, 2.24) is 0 Å². The van der Waals surface area contributed by atoms with Gasteiger partial charge in [0.1, 0.15) is 0 Å². The molecule has 4 heteroatoms. The van der Waals surface area contributed by atoms with E-state index in [9.17, 15) is 4.79 Å². The molecule has 1 aromatic rings. The minimum atomic E-state index is -0.345. The van der Waals surface area contributed by atoms with E-state index in [2.05, 4.69) is 0 Å². The van der Waals surface area contributed by atoms with Crippen LogP contribution < -0.4 is 0 Å². The molecule has 1 aromatic carbocycles. The Morgan fingerprint density at radius 1 is 1.32 bits per heavy atom. The molecule has 1 heterocycles. The van der Waals surface area contributed by atoms with Crippen molar-refractivity contribution in [2.24, 2.45) is 5.92 Å². The molecule has 1 saturated heterocycles. The summed E-state index contributed by atoms with van der Waals surface area (Å²) in [5, 5.41) is 0. The van der Waals surface area contributed by atoms with Crippen LogP contribution in [0.5, 0.6) is 0 Å². The van der Waals surface area contributed by atoms with Crippen molar-refractivity contribution in [1.29, 1.82) is 0 Å². The van der Waals surface area contributed by atoms with Gasteiger partial charge in [-0.1, -0.05) is 30.3 Å². The Kier molecular flexibility index (Phi) is 5.12. The van der Waals surface area contributed by atoms with E-state index in [1.165, 1.54) is 6.08 Å². The van der Waals surface area contributed by atoms with Crippen molar-refractivity contribution in [3.8, 4) is 0 Å². The van der Waals surface area contributed by atoms with Crippen molar-refractivity contribution in [2.75, 3.05) is 19.8 Å². The molecule has 4 nitrogen and oxygen atoms in total. The van der Waals surface area contributed by atoms with Crippen molar-refractivity contribution < 1.29 is 19.0 Å². The molecular formula is C15H18O4. The van der Waals surface area contributed by atoms with E-state index in [0.29, 0.717) is 19.8 Å². The molecule has 0 saturated carbocycles. The van der Waals surface area contributed by atoms with Crippen LogP contribution in [0.3, 0.4) is 0 Å². The number of carbonyl (C=O) groups is 1. The first-order chi connectivity index (χ1) is 9.24. The number of esters is 1. The van der Waals surface area contributed by atoms with E-state index in [4.69, 9.17) is 14.2 Å². The van der Waals surface area contributed by atoms with Crippen LogP contribution in [0, 0.1) is 5.92 Å². The van der Waals surface area contributed by atoms with Crippen molar-refractivity contribution in [3.63, 3.8) is 0 Å². The second kappa shape index (κ2) is 7.07. The van der Waals surface area contributed by atoms with Gasteiger partial charge >= 0.3 is 5.97 Å². The maximum atomic E-state index is 11.5. The Balaban J connectivity index is 1.71. The monoisotopic (exact) mass is 262 g/mol. The number of ether oxygens (including phenoxy) is 3. The highest BCUT2D eigenvalue weighted by Gasteiger charge is 2.19. The van der Waals surface area contributed by atoms with Crippen LogP contribution in [-0.2, 0) is 19.0 Å². The Morgan fingerprint density at radius 3 is 2.68 bits per heavy atom. The summed E-state index contributed by atoms with van der Waals surface area (Å²) in [5.74, 6) is -0.229. The van der Waals surface area contributed by atoms with Crippen LogP contribution in [0.1, 0.15) is 12.5 Å². The quantitative estimate of drug-likeness (QED) is 0.616. The van der Waals surface area contributed by atoms with E-state index in [1.807, 2.05) is 37.3 Å². The summed E-state index contributed by atoms with van der Waals surface area (Å²) in [4.78, 5) is 11.5. The van der Waals surface area contributed by atoms with Crippen LogP contribution in [-0.4, -0.2) is 32.1 Å². The lowest BCUT2D eigenvalue weighted by molar-refractivity contribution is -0.198. The smallest absolute Gasteiger partial charge is 0.330 e. The fraction of sp³-hybridized carbons (Fsp3) is 0.400. The van der Waals surface area contributed by atoms with Gasteiger partial charge in [0, 0.05) is 12.0 Å². The lowest BCUT2D eigenvalue weighted by atomic mass is 10.2. The maximum Gasteiger partial charge on any atom is 0.330 e. The van der Waals surface area contributed by atoms with Crippen LogP contribution in [0.4, 0.5) is 0 Å². The summed E-state index contributed by atoms with van der Waals surface area (Å²) >= 11 is 0. The van der Waals surface area contributed by atoms with Crippen LogP contribution in [0.2, 0.25) is 0 Å². The molecule has 0 spiro atoms. The van der Waals surface area contributed by atoms with Crippen molar-refractivity contribution >= 4 is 12.0 Å². The minimum Gasteiger partial charge on any atom is -0.462 e. The van der Waals surface area contributed by atoms with Gasteiger partial charge in [-0.3, -0.25) is 0 Å². The zero-order valence-corrected chi connectivity index (χ0v) is 11.0. The summed E-state index contributed by atoms with van der Waals surface area (Å²) in [7, 11) is 0. The molecule has 0 aromatic heterocycles. The average molecular weight is 262 g/mol. The number of hydrogen-bond donors (Lipinski definition) is 0. The molecule has 19 heavy (non-hydrogen) atoms. The second-order valence-electron chi connectivity index (χ2n) is 4.47. The normalized spacial score (nSPS) is 23.4. The molecule has 0 N–H and O–H groups in total. The third kappa shape index (κ3) is 4.85. The first kappa shape index (κ1) is 13.8. The van der Waals surface area contributed by atoms with Crippen molar-refractivity contribution in [2.45, 2.75) is 13.2 Å². The Hall–Kier alpha value is -1.65. The minimum absolute atomic E-state index is 0.116. The molecule has 0 amide bonds. The molecule has 102 valence electrons. The summed E-state index contributed by atoms with van der Waals surface area (Å²) < 4.78 is 15.8. The first-order valence-electron chi connectivity index (χ1n) is 6.37. The van der Waals surface area contributed by atoms with Gasteiger partial charge in [0.2, 0.25) is 0 Å². The molecule has 1 aliphatic rings. The number of carbonyl (C=O) groups excluding carboxylic acids is 1. The van der Waals surface area contributed by atoms with Crippen LogP contribution in [0.15, 0.2) is 36.4 Å². The van der Waals surface area contributed by atoms with Crippen molar-refractivity contribution in [3.05, 3.63) is 42.0 Å². The van der Waals surface area contributed by atoms with E-state index in [-0.39, 0.29) is 18.2 Å². The molecule has 0 atom stereocenters. The number of rotatable bonds is 4. The molecule has 1 aliphatic heterocycles. The molecule has 0 aliphatic carbocycles. The van der Waals surface area contributed by atoms with E-state index in [0.717, 1.165) is 5.56 Å². The Morgan fingerprint density at radius 2 is 2.00 bits per heavy atom. The summed E-state index contributed by atoms with van der Waals surface area (Å²) in [6.07, 6.45) is 3.01. The predicted octanol–water partition coefficient (Wildman–Crippen LogP) is 2.25. The fourth-order valence-corrected chi connectivity index (χ4v) is 1.71. The first-order valence-corrected chi connectivity index (χ1v) is 6.37. The largest absolute Gasteiger partial charge is 0.462 e. The third-order valence-electron chi connectivity index (χ3n) is 2.81. The number of benzene rings is 1. The summed E-state index contributed by atoms with van der Waals surface area (Å²) in [5.41, 5.74) is 0.970. The molecule has 0 radical (unpaired) electrons. The SMILES string of the molecule is CC1OCC(COC(=O)C=Cc2ccccc2)CO1. The maximum absolute atomic E-state index is 11.5. The third-order valence-corrected chi connectivity index (χ3v) is 2.81. The standard InChI is InChI=1S/C15H18O4/c1-12-17-9-14(10-18-12)11-19-15(16)8-7-13-5-3-2-4-6-13/h2-8,12,14H,9-11H2,1H3. The highest BCUT2D eigenvalue weighted by molar-refractivity contribution is 5.87. The molecule has 0 unspecified atom stereocenters. The topological polar surface area (TPSA) is 44.8 Å². The van der Waals surface area contributed by atoms with Crippen LogP contribution >= 0.6 is 0 Å². The lowest BCUT2D eigenvalue weighted by Crippen LogP contribution is -2.33. The molecule has 0 bridgehead atoms. The average Bonchev–Trinajstić information content (AvgIpc) is 2.45. The van der Waals surface area contributed by atoms with Gasteiger partial charge in [-0.25, -0.2) is 4.79 Å². The molecule has 1 fully saturated rings. The van der Waals surface area contributed by atoms with Gasteiger partial charge in [-0.05, 0) is 18.6 Å². The summed E-state index contributed by atoms with van der Waals surface area (Å²) in [6.45, 7) is 3.31. The van der Waals surface area contributed by atoms with Gasteiger partial charge in [0.25, 0.3) is 0 Å². The van der Waals surface area contributed by atoms with Gasteiger partial charge in [0.15, 0.2) is 6.29 Å². The van der Waals surface area contributed by atoms with E-state index in [1.54, 1.807) is 6.08 Å². The van der Waals surface area contributed by atoms with Gasteiger partial charge < -0.3 is 14.2 Å². The molecule has 2 rings (SSSR count).